The standard InChI is InChI=1S/C8H6O2.C7H9N.C6H7N/c9-5-7-1-2-8(6-10)4-3-7;1-6-4-2-3-5-7(6)8;7-6-4-2-1-3-5-6/h1-6H;2-5H,8H2,1H3;1-5H,7H2. The van der Waals surface area contributed by atoms with Crippen LogP contribution in [-0.4, -0.2) is 12.6 Å². The molecule has 4 heteroatoms. The summed E-state index contributed by atoms with van der Waals surface area (Å²) in [6.07, 6.45) is 1.49. The van der Waals surface area contributed by atoms with Crippen LogP contribution >= 0.6 is 0 Å². The number of rotatable bonds is 2. The lowest BCUT2D eigenvalue weighted by atomic mass is 10.2. The van der Waals surface area contributed by atoms with E-state index in [1.807, 2.05) is 61.5 Å². The summed E-state index contributed by atoms with van der Waals surface area (Å²) >= 11 is 0. The van der Waals surface area contributed by atoms with Crippen LogP contribution in [0.25, 0.3) is 0 Å². The second kappa shape index (κ2) is 11.2. The van der Waals surface area contributed by atoms with Crippen molar-refractivity contribution in [2.45, 2.75) is 6.92 Å². The topological polar surface area (TPSA) is 86.2 Å². The van der Waals surface area contributed by atoms with Crippen LogP contribution in [0.3, 0.4) is 0 Å². The van der Waals surface area contributed by atoms with E-state index in [2.05, 4.69) is 0 Å². The van der Waals surface area contributed by atoms with Crippen molar-refractivity contribution in [2.75, 3.05) is 11.5 Å². The number of benzene rings is 3. The SMILES string of the molecule is Cc1ccccc1N.Nc1ccccc1.O=Cc1ccc(C=O)cc1. The molecule has 3 rings (SSSR count). The summed E-state index contributed by atoms with van der Waals surface area (Å²) < 4.78 is 0. The summed E-state index contributed by atoms with van der Waals surface area (Å²) in [6.45, 7) is 2.00. The van der Waals surface area contributed by atoms with E-state index in [1.165, 1.54) is 0 Å². The Morgan fingerprint density at radius 2 is 1.08 bits per heavy atom. The van der Waals surface area contributed by atoms with Gasteiger partial charge in [-0.1, -0.05) is 60.7 Å². The highest BCUT2D eigenvalue weighted by Gasteiger charge is 1.89. The molecular formula is C21H22N2O2. The maximum atomic E-state index is 10.1. The lowest BCUT2D eigenvalue weighted by molar-refractivity contribution is 0.111. The summed E-state index contributed by atoms with van der Waals surface area (Å²) in [7, 11) is 0. The van der Waals surface area contributed by atoms with Gasteiger partial charge in [0.25, 0.3) is 0 Å². The Morgan fingerprint density at radius 1 is 0.640 bits per heavy atom. The predicted octanol–water partition coefficient (Wildman–Crippen LogP) is 4.16. The monoisotopic (exact) mass is 334 g/mol. The van der Waals surface area contributed by atoms with Crippen LogP contribution in [0.2, 0.25) is 0 Å². The molecule has 3 aromatic rings. The first-order chi connectivity index (χ1) is 12.1. The largest absolute Gasteiger partial charge is 0.399 e. The molecule has 0 saturated heterocycles. The molecular weight excluding hydrogens is 312 g/mol. The van der Waals surface area contributed by atoms with Crippen LogP contribution in [0, 0.1) is 6.92 Å². The van der Waals surface area contributed by atoms with Crippen molar-refractivity contribution in [1.29, 1.82) is 0 Å². The third kappa shape index (κ3) is 8.13. The normalized spacial score (nSPS) is 8.84. The van der Waals surface area contributed by atoms with Crippen molar-refractivity contribution >= 4 is 23.9 Å². The Kier molecular flexibility index (Phi) is 8.79. The number of hydrogen-bond donors (Lipinski definition) is 2. The zero-order valence-corrected chi connectivity index (χ0v) is 14.1. The molecule has 0 unspecified atom stereocenters. The molecule has 0 radical (unpaired) electrons. The van der Waals surface area contributed by atoms with E-state index in [9.17, 15) is 9.59 Å². The van der Waals surface area contributed by atoms with Crippen molar-refractivity contribution in [2.24, 2.45) is 0 Å². The smallest absolute Gasteiger partial charge is 0.150 e. The number of para-hydroxylation sites is 2. The van der Waals surface area contributed by atoms with E-state index < -0.39 is 0 Å². The number of anilines is 2. The first kappa shape index (κ1) is 19.6. The number of carbonyl (C=O) groups excluding carboxylic acids is 2. The maximum absolute atomic E-state index is 10.1. The highest BCUT2D eigenvalue weighted by Crippen LogP contribution is 2.06. The molecule has 0 fully saturated rings. The summed E-state index contributed by atoms with van der Waals surface area (Å²) in [4.78, 5) is 20.2. The van der Waals surface area contributed by atoms with Crippen LogP contribution < -0.4 is 11.5 Å². The first-order valence-electron chi connectivity index (χ1n) is 7.69. The number of aldehydes is 2. The molecule has 0 spiro atoms. The molecule has 4 N–H and O–H groups in total. The number of nitrogen functional groups attached to an aromatic ring is 2. The Hall–Kier alpha value is -3.40. The van der Waals surface area contributed by atoms with Crippen LogP contribution in [0.5, 0.6) is 0 Å². The van der Waals surface area contributed by atoms with E-state index in [1.54, 1.807) is 24.3 Å². The number of carbonyl (C=O) groups is 2. The Labute approximate surface area is 148 Å². The number of nitrogens with two attached hydrogens (primary N) is 2. The minimum atomic E-state index is 0.589. The van der Waals surface area contributed by atoms with Crippen LogP contribution in [0.4, 0.5) is 11.4 Å². The molecule has 0 aliphatic carbocycles. The summed E-state index contributed by atoms with van der Waals surface area (Å²) in [5.74, 6) is 0. The fraction of sp³-hybridized carbons (Fsp3) is 0.0476. The number of hydrogen-bond acceptors (Lipinski definition) is 4. The first-order valence-corrected chi connectivity index (χ1v) is 7.69. The van der Waals surface area contributed by atoms with Gasteiger partial charge in [-0.15, -0.1) is 0 Å². The molecule has 0 saturated carbocycles. The lowest BCUT2D eigenvalue weighted by Gasteiger charge is -1.93. The van der Waals surface area contributed by atoms with Gasteiger partial charge in [0.1, 0.15) is 12.6 Å². The Morgan fingerprint density at radius 3 is 1.36 bits per heavy atom. The van der Waals surface area contributed by atoms with Gasteiger partial charge in [0, 0.05) is 22.5 Å². The van der Waals surface area contributed by atoms with E-state index in [0.717, 1.165) is 29.5 Å². The fourth-order valence-electron chi connectivity index (χ4n) is 1.69. The molecule has 0 atom stereocenters. The van der Waals surface area contributed by atoms with Crippen LogP contribution in [0.15, 0.2) is 78.9 Å². The quantitative estimate of drug-likeness (QED) is 0.544. The van der Waals surface area contributed by atoms with E-state index in [0.29, 0.717) is 11.1 Å². The van der Waals surface area contributed by atoms with Crippen molar-refractivity contribution in [3.8, 4) is 0 Å². The van der Waals surface area contributed by atoms with Gasteiger partial charge in [0.2, 0.25) is 0 Å². The molecule has 0 bridgehead atoms. The van der Waals surface area contributed by atoms with Gasteiger partial charge < -0.3 is 11.5 Å². The average molecular weight is 334 g/mol. The summed E-state index contributed by atoms with van der Waals surface area (Å²) in [5.41, 5.74) is 14.9. The molecule has 25 heavy (non-hydrogen) atoms. The second-order valence-corrected chi connectivity index (χ2v) is 5.17. The van der Waals surface area contributed by atoms with Crippen LogP contribution in [-0.2, 0) is 0 Å². The third-order valence-electron chi connectivity index (χ3n) is 3.20. The van der Waals surface area contributed by atoms with Crippen LogP contribution in [0.1, 0.15) is 26.3 Å². The van der Waals surface area contributed by atoms with Crippen molar-refractivity contribution < 1.29 is 9.59 Å². The lowest BCUT2D eigenvalue weighted by Crippen LogP contribution is -1.85. The predicted molar refractivity (Wildman–Crippen MR) is 104 cm³/mol. The van der Waals surface area contributed by atoms with Gasteiger partial charge in [-0.3, -0.25) is 9.59 Å². The van der Waals surface area contributed by atoms with E-state index in [4.69, 9.17) is 11.5 Å². The molecule has 3 aromatic carbocycles. The minimum Gasteiger partial charge on any atom is -0.399 e. The van der Waals surface area contributed by atoms with Gasteiger partial charge in [0.15, 0.2) is 0 Å². The minimum absolute atomic E-state index is 0.589. The summed E-state index contributed by atoms with van der Waals surface area (Å²) in [5, 5.41) is 0. The van der Waals surface area contributed by atoms with Crippen molar-refractivity contribution in [3.05, 3.63) is 95.6 Å². The fourth-order valence-corrected chi connectivity index (χ4v) is 1.69. The molecule has 4 nitrogen and oxygen atoms in total. The molecule has 0 aromatic heterocycles. The van der Waals surface area contributed by atoms with Gasteiger partial charge in [-0.25, -0.2) is 0 Å². The van der Waals surface area contributed by atoms with Gasteiger partial charge in [-0.05, 0) is 30.7 Å². The Bertz CT molecular complexity index is 721. The van der Waals surface area contributed by atoms with Gasteiger partial charge in [-0.2, -0.15) is 0 Å². The molecule has 0 aliphatic rings. The van der Waals surface area contributed by atoms with Gasteiger partial charge >= 0.3 is 0 Å². The zero-order valence-electron chi connectivity index (χ0n) is 14.1. The highest BCUT2D eigenvalue weighted by molar-refractivity contribution is 5.79. The molecule has 0 amide bonds. The zero-order chi connectivity index (χ0) is 18.5. The Balaban J connectivity index is 0.000000191. The van der Waals surface area contributed by atoms with Crippen molar-refractivity contribution in [3.63, 3.8) is 0 Å². The molecule has 128 valence electrons. The second-order valence-electron chi connectivity index (χ2n) is 5.17. The maximum Gasteiger partial charge on any atom is 0.150 e. The van der Waals surface area contributed by atoms with E-state index >= 15 is 0 Å². The average Bonchev–Trinajstić information content (AvgIpc) is 2.66. The summed E-state index contributed by atoms with van der Waals surface area (Å²) in [6, 6.07) is 23.7. The van der Waals surface area contributed by atoms with Crippen molar-refractivity contribution in [1.82, 2.24) is 0 Å². The third-order valence-corrected chi connectivity index (χ3v) is 3.20. The van der Waals surface area contributed by atoms with E-state index in [-0.39, 0.29) is 0 Å². The van der Waals surface area contributed by atoms with Gasteiger partial charge in [0.05, 0.1) is 0 Å². The molecule has 0 heterocycles. The highest BCUT2D eigenvalue weighted by atomic mass is 16.1. The number of aryl methyl sites for hydroxylation is 1. The molecule has 0 aliphatic heterocycles.